The van der Waals surface area contributed by atoms with Gasteiger partial charge in [0.15, 0.2) is 5.13 Å². The fourth-order valence-corrected chi connectivity index (χ4v) is 3.38. The van der Waals surface area contributed by atoms with Gasteiger partial charge in [-0.05, 0) is 31.9 Å². The minimum Gasteiger partial charge on any atom is -0.324 e. The highest BCUT2D eigenvalue weighted by Crippen LogP contribution is 2.22. The molecule has 1 aromatic heterocycles. The summed E-state index contributed by atoms with van der Waals surface area (Å²) in [7, 11) is 0. The summed E-state index contributed by atoms with van der Waals surface area (Å²) in [4.78, 5) is 30.5. The molecule has 2 heterocycles. The van der Waals surface area contributed by atoms with Gasteiger partial charge in [0.2, 0.25) is 5.91 Å². The third kappa shape index (κ3) is 4.11. The van der Waals surface area contributed by atoms with Crippen molar-refractivity contribution < 1.29 is 9.59 Å². The van der Waals surface area contributed by atoms with Crippen LogP contribution in [-0.2, 0) is 4.79 Å². The van der Waals surface area contributed by atoms with Crippen LogP contribution in [0.15, 0.2) is 35.7 Å². The molecule has 3 amide bonds. The van der Waals surface area contributed by atoms with E-state index < -0.39 is 0 Å². The SMILES string of the molecule is Cc1csc(NC(=O)C2CCN(C(=O)Nc3ccccc3)CC2)n1. The first kappa shape index (κ1) is 16.4. The molecule has 0 atom stereocenters. The number of carbonyl (C=O) groups excluding carboxylic acids is 2. The molecule has 2 aromatic rings. The van der Waals surface area contributed by atoms with Crippen LogP contribution < -0.4 is 10.6 Å². The Labute approximate surface area is 144 Å². The molecule has 0 radical (unpaired) electrons. The number of carbonyl (C=O) groups is 2. The molecule has 0 unspecified atom stereocenters. The zero-order valence-electron chi connectivity index (χ0n) is 13.5. The monoisotopic (exact) mass is 344 g/mol. The van der Waals surface area contributed by atoms with Crippen LogP contribution >= 0.6 is 11.3 Å². The highest BCUT2D eigenvalue weighted by molar-refractivity contribution is 7.13. The highest BCUT2D eigenvalue weighted by atomic mass is 32.1. The predicted octanol–water partition coefficient (Wildman–Crippen LogP) is 3.33. The van der Waals surface area contributed by atoms with Crippen molar-refractivity contribution in [3.63, 3.8) is 0 Å². The van der Waals surface area contributed by atoms with Gasteiger partial charge in [-0.15, -0.1) is 11.3 Å². The summed E-state index contributed by atoms with van der Waals surface area (Å²) in [5.41, 5.74) is 1.68. The Morgan fingerprint density at radius 1 is 1.17 bits per heavy atom. The summed E-state index contributed by atoms with van der Waals surface area (Å²) >= 11 is 1.43. The van der Waals surface area contributed by atoms with Gasteiger partial charge in [0, 0.05) is 30.1 Å². The zero-order chi connectivity index (χ0) is 16.9. The molecule has 6 nitrogen and oxygen atoms in total. The Hall–Kier alpha value is -2.41. The lowest BCUT2D eigenvalue weighted by molar-refractivity contribution is -0.121. The summed E-state index contributed by atoms with van der Waals surface area (Å²) in [5, 5.41) is 8.29. The standard InChI is InChI=1S/C17H20N4O2S/c1-12-11-24-16(18-12)20-15(22)13-7-9-21(10-8-13)17(23)19-14-5-3-2-4-6-14/h2-6,11,13H,7-10H2,1H3,(H,19,23)(H,18,20,22). The van der Waals surface area contributed by atoms with E-state index in [1.54, 1.807) is 4.90 Å². The van der Waals surface area contributed by atoms with Crippen LogP contribution in [0.3, 0.4) is 0 Å². The number of likely N-dealkylation sites (tertiary alicyclic amines) is 1. The molecule has 0 spiro atoms. The number of anilines is 2. The van der Waals surface area contributed by atoms with E-state index in [2.05, 4.69) is 15.6 Å². The lowest BCUT2D eigenvalue weighted by Crippen LogP contribution is -2.43. The quantitative estimate of drug-likeness (QED) is 0.897. The molecule has 3 rings (SSSR count). The van der Waals surface area contributed by atoms with Crippen molar-refractivity contribution in [2.45, 2.75) is 19.8 Å². The third-order valence-electron chi connectivity index (χ3n) is 4.03. The van der Waals surface area contributed by atoms with Gasteiger partial charge in [0.05, 0.1) is 5.69 Å². The van der Waals surface area contributed by atoms with E-state index in [9.17, 15) is 9.59 Å². The number of piperidine rings is 1. The number of urea groups is 1. The number of aromatic nitrogens is 1. The molecule has 0 bridgehead atoms. The number of para-hydroxylation sites is 1. The first-order valence-corrected chi connectivity index (χ1v) is 8.84. The molecular weight excluding hydrogens is 324 g/mol. The number of benzene rings is 1. The van der Waals surface area contributed by atoms with E-state index in [-0.39, 0.29) is 17.9 Å². The van der Waals surface area contributed by atoms with Crippen LogP contribution in [0.4, 0.5) is 15.6 Å². The van der Waals surface area contributed by atoms with Gasteiger partial charge in [-0.2, -0.15) is 0 Å². The van der Waals surface area contributed by atoms with Gasteiger partial charge in [0.1, 0.15) is 0 Å². The number of aryl methyl sites for hydroxylation is 1. The number of rotatable bonds is 3. The summed E-state index contributed by atoms with van der Waals surface area (Å²) in [6.07, 6.45) is 1.33. The molecule has 7 heteroatoms. The molecule has 2 N–H and O–H groups in total. The van der Waals surface area contributed by atoms with Gasteiger partial charge in [0.25, 0.3) is 0 Å². The Bertz CT molecular complexity index is 708. The van der Waals surface area contributed by atoms with E-state index in [1.807, 2.05) is 42.6 Å². The topological polar surface area (TPSA) is 74.3 Å². The maximum atomic E-state index is 12.3. The molecule has 24 heavy (non-hydrogen) atoms. The second-order valence-electron chi connectivity index (χ2n) is 5.84. The van der Waals surface area contributed by atoms with E-state index in [0.29, 0.717) is 31.1 Å². The average Bonchev–Trinajstić information content (AvgIpc) is 3.00. The summed E-state index contributed by atoms with van der Waals surface area (Å²) in [6.45, 7) is 3.05. The minimum atomic E-state index is -0.115. The van der Waals surface area contributed by atoms with Crippen molar-refractivity contribution in [2.75, 3.05) is 23.7 Å². The average molecular weight is 344 g/mol. The Kier molecular flexibility index (Phi) is 5.10. The van der Waals surface area contributed by atoms with Crippen molar-refractivity contribution in [2.24, 2.45) is 5.92 Å². The van der Waals surface area contributed by atoms with Crippen LogP contribution in [0.1, 0.15) is 18.5 Å². The minimum absolute atomic E-state index is 0.00697. The van der Waals surface area contributed by atoms with Crippen molar-refractivity contribution >= 4 is 34.1 Å². The number of hydrogen-bond donors (Lipinski definition) is 2. The molecule has 0 aliphatic carbocycles. The molecule has 1 aromatic carbocycles. The largest absolute Gasteiger partial charge is 0.324 e. The van der Waals surface area contributed by atoms with Crippen molar-refractivity contribution in [1.29, 1.82) is 0 Å². The molecule has 0 saturated carbocycles. The van der Waals surface area contributed by atoms with Gasteiger partial charge in [-0.25, -0.2) is 9.78 Å². The van der Waals surface area contributed by atoms with E-state index in [0.717, 1.165) is 11.4 Å². The number of nitrogens with one attached hydrogen (secondary N) is 2. The fourth-order valence-electron chi connectivity index (χ4n) is 2.69. The Morgan fingerprint density at radius 3 is 2.50 bits per heavy atom. The zero-order valence-corrected chi connectivity index (χ0v) is 14.3. The molecule has 126 valence electrons. The summed E-state index contributed by atoms with van der Waals surface area (Å²) in [6, 6.07) is 9.26. The number of thiazole rings is 1. The lowest BCUT2D eigenvalue weighted by Gasteiger charge is -2.31. The van der Waals surface area contributed by atoms with Gasteiger partial charge in [-0.3, -0.25) is 4.79 Å². The summed E-state index contributed by atoms with van der Waals surface area (Å²) < 4.78 is 0. The van der Waals surface area contributed by atoms with Crippen LogP contribution in [-0.4, -0.2) is 34.9 Å². The Balaban J connectivity index is 1.48. The van der Waals surface area contributed by atoms with Gasteiger partial charge < -0.3 is 15.5 Å². The normalized spacial score (nSPS) is 15.1. The molecule has 1 saturated heterocycles. The smallest absolute Gasteiger partial charge is 0.321 e. The first-order valence-electron chi connectivity index (χ1n) is 7.96. The first-order chi connectivity index (χ1) is 11.6. The van der Waals surface area contributed by atoms with E-state index >= 15 is 0 Å². The lowest BCUT2D eigenvalue weighted by atomic mass is 9.96. The van der Waals surface area contributed by atoms with Gasteiger partial charge >= 0.3 is 6.03 Å². The van der Waals surface area contributed by atoms with Crippen LogP contribution in [0, 0.1) is 12.8 Å². The van der Waals surface area contributed by atoms with Crippen LogP contribution in [0.25, 0.3) is 0 Å². The maximum absolute atomic E-state index is 12.3. The Morgan fingerprint density at radius 2 is 1.88 bits per heavy atom. The van der Waals surface area contributed by atoms with E-state index in [1.165, 1.54) is 11.3 Å². The third-order valence-corrected chi connectivity index (χ3v) is 4.90. The van der Waals surface area contributed by atoms with Crippen LogP contribution in [0.2, 0.25) is 0 Å². The number of hydrogen-bond acceptors (Lipinski definition) is 4. The van der Waals surface area contributed by atoms with Crippen molar-refractivity contribution in [3.8, 4) is 0 Å². The highest BCUT2D eigenvalue weighted by Gasteiger charge is 2.27. The maximum Gasteiger partial charge on any atom is 0.321 e. The number of nitrogens with zero attached hydrogens (tertiary/aromatic N) is 2. The molecule has 1 aliphatic heterocycles. The molecule has 1 aliphatic rings. The van der Waals surface area contributed by atoms with Crippen molar-refractivity contribution in [3.05, 3.63) is 41.4 Å². The summed E-state index contributed by atoms with van der Waals surface area (Å²) in [5.74, 6) is -0.0811. The van der Waals surface area contributed by atoms with Crippen molar-refractivity contribution in [1.82, 2.24) is 9.88 Å². The van der Waals surface area contributed by atoms with E-state index in [4.69, 9.17) is 0 Å². The second-order valence-corrected chi connectivity index (χ2v) is 6.70. The number of amides is 3. The molecule has 1 fully saturated rings. The second kappa shape index (κ2) is 7.44. The fraction of sp³-hybridized carbons (Fsp3) is 0.353. The predicted molar refractivity (Wildman–Crippen MR) is 95.2 cm³/mol. The molecular formula is C17H20N4O2S. The van der Waals surface area contributed by atoms with Gasteiger partial charge in [-0.1, -0.05) is 18.2 Å². The van der Waals surface area contributed by atoms with Crippen LogP contribution in [0.5, 0.6) is 0 Å².